The number of rotatable bonds is 5. The van der Waals surface area contributed by atoms with Gasteiger partial charge in [-0.05, 0) is 30.5 Å². The Bertz CT molecular complexity index is 1170. The van der Waals surface area contributed by atoms with Gasteiger partial charge in [0.15, 0.2) is 11.6 Å². The number of hydrogen-bond donors (Lipinski definition) is 2. The predicted molar refractivity (Wildman–Crippen MR) is 123 cm³/mol. The van der Waals surface area contributed by atoms with Gasteiger partial charge in [-0.25, -0.2) is 9.97 Å². The van der Waals surface area contributed by atoms with Crippen molar-refractivity contribution < 1.29 is 0 Å². The second-order valence-electron chi connectivity index (χ2n) is 6.43. The lowest BCUT2D eigenvalue weighted by Crippen LogP contribution is -2.20. The maximum Gasteiger partial charge on any atom is 0.161 e. The molecule has 0 amide bonds. The number of nitrogens with zero attached hydrogens (tertiary/aromatic N) is 3. The van der Waals surface area contributed by atoms with Gasteiger partial charge in [0.25, 0.3) is 0 Å². The van der Waals surface area contributed by atoms with Gasteiger partial charge < -0.3 is 16.0 Å². The Balaban J connectivity index is 1.78. The highest BCUT2D eigenvalue weighted by atomic mass is 35.5. The molecule has 0 saturated heterocycles. The van der Waals surface area contributed by atoms with E-state index < -0.39 is 0 Å². The first-order valence-electron chi connectivity index (χ1n) is 9.17. The molecule has 0 aliphatic carbocycles. The van der Waals surface area contributed by atoms with E-state index in [2.05, 4.69) is 51.4 Å². The van der Waals surface area contributed by atoms with Crippen molar-refractivity contribution in [3.05, 3.63) is 77.0 Å². The number of hydrogen-bond acceptors (Lipinski definition) is 5. The lowest BCUT2D eigenvalue weighted by molar-refractivity contribution is 0.985. The molecule has 0 radical (unpaired) electrons. The average molecular weight is 424 g/mol. The van der Waals surface area contributed by atoms with Crippen molar-refractivity contribution in [3.8, 4) is 0 Å². The number of benzene rings is 3. The molecule has 4 rings (SSSR count). The normalized spacial score (nSPS) is 10.9. The molecule has 146 valence electrons. The maximum absolute atomic E-state index is 6.47. The smallest absolute Gasteiger partial charge is 0.161 e. The van der Waals surface area contributed by atoms with Crippen molar-refractivity contribution in [1.82, 2.24) is 9.97 Å². The number of anilines is 5. The van der Waals surface area contributed by atoms with Gasteiger partial charge in [-0.15, -0.1) is 0 Å². The summed E-state index contributed by atoms with van der Waals surface area (Å²) < 4.78 is 0. The van der Waals surface area contributed by atoms with E-state index in [0.29, 0.717) is 39.6 Å². The second-order valence-corrected chi connectivity index (χ2v) is 7.21. The summed E-state index contributed by atoms with van der Waals surface area (Å²) in [5, 5.41) is 6.32. The lowest BCUT2D eigenvalue weighted by Gasteiger charge is -2.25. The zero-order valence-corrected chi connectivity index (χ0v) is 17.2. The summed E-state index contributed by atoms with van der Waals surface area (Å²) in [7, 11) is 0. The maximum atomic E-state index is 6.47. The highest BCUT2D eigenvalue weighted by molar-refractivity contribution is 6.43. The third-order valence-corrected chi connectivity index (χ3v) is 5.52. The van der Waals surface area contributed by atoms with Gasteiger partial charge in [0, 0.05) is 11.9 Å². The molecule has 3 N–H and O–H groups in total. The predicted octanol–water partition coefficient (Wildman–Crippen LogP) is 6.42. The van der Waals surface area contributed by atoms with Crippen LogP contribution in [0.15, 0.2) is 67.0 Å². The van der Waals surface area contributed by atoms with Crippen LogP contribution >= 0.6 is 23.2 Å². The molecule has 3 aromatic carbocycles. The first-order valence-corrected chi connectivity index (χ1v) is 9.92. The van der Waals surface area contributed by atoms with Gasteiger partial charge >= 0.3 is 0 Å². The fourth-order valence-corrected chi connectivity index (χ4v) is 3.65. The summed E-state index contributed by atoms with van der Waals surface area (Å²) in [5.41, 5.74) is 8.56. The number of nitrogen functional groups attached to an aromatic ring is 1. The summed E-state index contributed by atoms with van der Waals surface area (Å²) in [6, 6.07) is 19.8. The molecular formula is C22H19Cl2N5. The molecule has 1 aromatic heterocycles. The van der Waals surface area contributed by atoms with Crippen LogP contribution in [0.1, 0.15) is 6.92 Å². The van der Waals surface area contributed by atoms with Crippen molar-refractivity contribution in [2.24, 2.45) is 0 Å². The first kappa shape index (κ1) is 19.3. The topological polar surface area (TPSA) is 67.1 Å². The number of fused-ring (bicyclic) bond motifs is 1. The van der Waals surface area contributed by atoms with E-state index in [9.17, 15) is 0 Å². The number of nitrogens with two attached hydrogens (primary N) is 1. The Hall–Kier alpha value is -3.02. The van der Waals surface area contributed by atoms with Crippen LogP contribution < -0.4 is 16.0 Å². The van der Waals surface area contributed by atoms with Crippen LogP contribution in [-0.4, -0.2) is 16.5 Å². The Morgan fingerprint density at radius 2 is 1.72 bits per heavy atom. The van der Waals surface area contributed by atoms with Crippen LogP contribution in [0, 0.1) is 0 Å². The number of halogens is 2. The van der Waals surface area contributed by atoms with Crippen molar-refractivity contribution in [3.63, 3.8) is 0 Å². The Kier molecular flexibility index (Phi) is 5.43. The van der Waals surface area contributed by atoms with Gasteiger partial charge in [-0.1, -0.05) is 65.7 Å². The van der Waals surface area contributed by atoms with E-state index in [0.717, 1.165) is 16.5 Å². The summed E-state index contributed by atoms with van der Waals surface area (Å²) in [5.74, 6) is 1.09. The van der Waals surface area contributed by atoms with E-state index in [1.54, 1.807) is 6.07 Å². The molecule has 0 aliphatic rings. The molecule has 7 heteroatoms. The molecule has 0 unspecified atom stereocenters. The van der Waals surface area contributed by atoms with E-state index in [-0.39, 0.29) is 0 Å². The average Bonchev–Trinajstić information content (AvgIpc) is 2.74. The molecular weight excluding hydrogens is 405 g/mol. The monoisotopic (exact) mass is 423 g/mol. The molecule has 0 aliphatic heterocycles. The third-order valence-electron chi connectivity index (χ3n) is 4.70. The molecule has 0 saturated carbocycles. The molecule has 0 bridgehead atoms. The van der Waals surface area contributed by atoms with E-state index in [4.69, 9.17) is 28.9 Å². The fourth-order valence-electron chi connectivity index (χ4n) is 3.31. The molecule has 0 fully saturated rings. The molecule has 0 atom stereocenters. The van der Waals surface area contributed by atoms with Gasteiger partial charge in [0.2, 0.25) is 0 Å². The third kappa shape index (κ3) is 3.67. The van der Waals surface area contributed by atoms with Crippen LogP contribution in [0.4, 0.5) is 28.7 Å². The minimum Gasteiger partial charge on any atom is -0.393 e. The zero-order chi connectivity index (χ0) is 20.4. The Morgan fingerprint density at radius 1 is 0.966 bits per heavy atom. The van der Waals surface area contributed by atoms with Crippen molar-refractivity contribution in [1.29, 1.82) is 0 Å². The largest absolute Gasteiger partial charge is 0.393 e. The van der Waals surface area contributed by atoms with Crippen LogP contribution in [-0.2, 0) is 0 Å². The second kappa shape index (κ2) is 8.15. The summed E-state index contributed by atoms with van der Waals surface area (Å²) >= 11 is 12.4. The Morgan fingerprint density at radius 3 is 2.55 bits per heavy atom. The zero-order valence-electron chi connectivity index (χ0n) is 15.7. The van der Waals surface area contributed by atoms with Crippen molar-refractivity contribution in [2.75, 3.05) is 22.5 Å². The molecule has 29 heavy (non-hydrogen) atoms. The van der Waals surface area contributed by atoms with Crippen LogP contribution in [0.25, 0.3) is 10.8 Å². The van der Waals surface area contributed by atoms with Gasteiger partial charge in [0.1, 0.15) is 12.0 Å². The Labute approximate surface area is 179 Å². The minimum atomic E-state index is 0.412. The van der Waals surface area contributed by atoms with Crippen molar-refractivity contribution >= 4 is 62.7 Å². The molecule has 4 aromatic rings. The van der Waals surface area contributed by atoms with Crippen LogP contribution in [0.3, 0.4) is 0 Å². The highest BCUT2D eigenvalue weighted by Crippen LogP contribution is 2.38. The molecule has 0 spiro atoms. The SMILES string of the molecule is CCN(c1ncnc(Nc2cccc(Cl)c2Cl)c1N)c1cccc2ccccc12. The molecule has 1 heterocycles. The van der Waals surface area contributed by atoms with Gasteiger partial charge in [0.05, 0.1) is 21.4 Å². The number of aromatic nitrogens is 2. The van der Waals surface area contributed by atoms with Crippen LogP contribution in [0.2, 0.25) is 10.0 Å². The lowest BCUT2D eigenvalue weighted by atomic mass is 10.1. The summed E-state index contributed by atoms with van der Waals surface area (Å²) in [6.45, 7) is 2.75. The quantitative estimate of drug-likeness (QED) is 0.387. The standard InChI is InChI=1S/C22H19Cl2N5/c1-2-29(18-12-5-8-14-7-3-4-9-15(14)18)22-20(25)21(26-13-27-22)28-17-11-6-10-16(23)19(17)24/h3-13H,2,25H2,1H3,(H,26,27,28). The van der Waals surface area contributed by atoms with Gasteiger partial charge in [-0.3, -0.25) is 0 Å². The van der Waals surface area contributed by atoms with E-state index >= 15 is 0 Å². The summed E-state index contributed by atoms with van der Waals surface area (Å²) in [6.07, 6.45) is 1.49. The van der Waals surface area contributed by atoms with Crippen molar-refractivity contribution in [2.45, 2.75) is 6.92 Å². The van der Waals surface area contributed by atoms with E-state index in [1.807, 2.05) is 30.3 Å². The van der Waals surface area contributed by atoms with Crippen LogP contribution in [0.5, 0.6) is 0 Å². The first-order chi connectivity index (χ1) is 14.1. The van der Waals surface area contributed by atoms with Gasteiger partial charge in [-0.2, -0.15) is 0 Å². The molecule has 5 nitrogen and oxygen atoms in total. The summed E-state index contributed by atoms with van der Waals surface area (Å²) in [4.78, 5) is 10.8. The fraction of sp³-hybridized carbons (Fsp3) is 0.0909. The number of nitrogens with one attached hydrogen (secondary N) is 1. The minimum absolute atomic E-state index is 0.412. The van der Waals surface area contributed by atoms with E-state index in [1.165, 1.54) is 6.33 Å². The highest BCUT2D eigenvalue weighted by Gasteiger charge is 2.18.